The van der Waals surface area contributed by atoms with Crippen molar-refractivity contribution >= 4 is 6.09 Å². The Morgan fingerprint density at radius 1 is 0.491 bits per heavy atom. The molecular weight excluding hydrogens is 695 g/mol. The second-order valence-electron chi connectivity index (χ2n) is 13.4. The highest BCUT2D eigenvalue weighted by Crippen LogP contribution is 2.32. The van der Waals surface area contributed by atoms with Crippen molar-refractivity contribution in [3.63, 3.8) is 0 Å². The molecule has 1 saturated heterocycles. The van der Waals surface area contributed by atoms with Crippen LogP contribution in [0.3, 0.4) is 0 Å². The second-order valence-corrected chi connectivity index (χ2v) is 13.4. The molecule has 55 heavy (non-hydrogen) atoms. The van der Waals surface area contributed by atoms with Gasteiger partial charge in [0, 0.05) is 13.2 Å². The fourth-order valence-electron chi connectivity index (χ4n) is 6.27. The number of amides is 1. The van der Waals surface area contributed by atoms with Crippen LogP contribution >= 0.6 is 0 Å². The first-order valence-corrected chi connectivity index (χ1v) is 19.0. The molecular formula is C46H51NO8. The molecule has 0 unspecified atom stereocenters. The van der Waals surface area contributed by atoms with E-state index in [0.29, 0.717) is 52.4 Å². The number of hydrogen-bond acceptors (Lipinski definition) is 8. The van der Waals surface area contributed by atoms with Crippen molar-refractivity contribution in [3.8, 4) is 0 Å². The zero-order valence-electron chi connectivity index (χ0n) is 31.2. The van der Waals surface area contributed by atoms with E-state index in [0.717, 1.165) is 27.8 Å². The van der Waals surface area contributed by atoms with Crippen LogP contribution in [0.4, 0.5) is 4.79 Å². The summed E-state index contributed by atoms with van der Waals surface area (Å²) in [6, 6.07) is 49.8. The molecule has 9 nitrogen and oxygen atoms in total. The van der Waals surface area contributed by atoms with E-state index in [1.54, 1.807) is 0 Å². The average Bonchev–Trinajstić information content (AvgIpc) is 3.24. The van der Waals surface area contributed by atoms with Gasteiger partial charge in [-0.1, -0.05) is 152 Å². The van der Waals surface area contributed by atoms with E-state index in [1.165, 1.54) is 0 Å². The Bertz CT molecular complexity index is 1770. The summed E-state index contributed by atoms with van der Waals surface area (Å²) in [6.07, 6.45) is -2.17. The fourth-order valence-corrected chi connectivity index (χ4v) is 6.27. The van der Waals surface area contributed by atoms with E-state index in [1.807, 2.05) is 152 Å². The van der Waals surface area contributed by atoms with Crippen molar-refractivity contribution in [2.45, 2.75) is 76.6 Å². The van der Waals surface area contributed by atoms with E-state index >= 15 is 0 Å². The van der Waals surface area contributed by atoms with Crippen LogP contribution < -0.4 is 5.32 Å². The van der Waals surface area contributed by atoms with Crippen LogP contribution in [0, 0.1) is 0 Å². The van der Waals surface area contributed by atoms with Gasteiger partial charge in [0.15, 0.2) is 6.29 Å². The number of rotatable bonds is 21. The number of carbonyl (C=O) groups excluding carboxylic acids is 1. The summed E-state index contributed by atoms with van der Waals surface area (Å²) in [5.41, 5.74) is 5.08. The molecule has 6 rings (SSSR count). The molecule has 0 saturated carbocycles. The molecule has 0 spiro atoms. The number of alkyl carbamates (subject to hydrolysis) is 1. The van der Waals surface area contributed by atoms with Crippen molar-refractivity contribution in [1.29, 1.82) is 0 Å². The van der Waals surface area contributed by atoms with Crippen LogP contribution in [-0.4, -0.2) is 56.6 Å². The van der Waals surface area contributed by atoms with Crippen LogP contribution in [0.25, 0.3) is 0 Å². The van der Waals surface area contributed by atoms with Gasteiger partial charge in [0.05, 0.1) is 33.0 Å². The molecule has 5 aromatic rings. The molecule has 0 aliphatic carbocycles. The van der Waals surface area contributed by atoms with Gasteiger partial charge in [-0.2, -0.15) is 0 Å². The molecule has 288 valence electrons. The Morgan fingerprint density at radius 2 is 0.927 bits per heavy atom. The van der Waals surface area contributed by atoms with E-state index in [2.05, 4.69) is 5.32 Å². The number of ether oxygens (including phenoxy) is 7. The van der Waals surface area contributed by atoms with Crippen molar-refractivity contribution in [2.75, 3.05) is 19.8 Å². The van der Waals surface area contributed by atoms with Crippen molar-refractivity contribution < 1.29 is 38.0 Å². The highest BCUT2D eigenvalue weighted by molar-refractivity contribution is 5.67. The Kier molecular flexibility index (Phi) is 16.3. The van der Waals surface area contributed by atoms with Gasteiger partial charge in [-0.3, -0.25) is 0 Å². The predicted octanol–water partition coefficient (Wildman–Crippen LogP) is 8.41. The molecule has 0 aromatic heterocycles. The molecule has 9 heteroatoms. The van der Waals surface area contributed by atoms with Crippen LogP contribution in [0.1, 0.15) is 40.7 Å². The highest BCUT2D eigenvalue weighted by atomic mass is 16.7. The average molecular weight is 746 g/mol. The molecule has 1 fully saturated rings. The maximum absolute atomic E-state index is 12.3. The van der Waals surface area contributed by atoms with Crippen molar-refractivity contribution in [3.05, 3.63) is 179 Å². The third-order valence-electron chi connectivity index (χ3n) is 9.18. The summed E-state index contributed by atoms with van der Waals surface area (Å²) in [6.45, 7) is 2.74. The minimum Gasteiger partial charge on any atom is -0.445 e. The highest BCUT2D eigenvalue weighted by Gasteiger charge is 2.49. The van der Waals surface area contributed by atoms with E-state index < -0.39 is 36.8 Å². The molecule has 5 atom stereocenters. The fraction of sp³-hybridized carbons (Fsp3) is 0.326. The standard InChI is InChI=1S/C46H51NO8/c48-46(54-34-40-26-14-5-15-27-40)47-28-16-17-29-50-45-44(53-33-39-24-12-4-13-25-39)43(52-32-38-22-10-3-11-23-38)42(51-31-37-20-8-2-9-21-37)41(55-45)35-49-30-36-18-6-1-7-19-36/h1-15,18-27,41-45H,16-17,28-35H2,(H,47,48)/t41-,42-,43+,44+,45-/m1/s1. The summed E-state index contributed by atoms with van der Waals surface area (Å²) in [4.78, 5) is 12.3. The summed E-state index contributed by atoms with van der Waals surface area (Å²) in [5.74, 6) is 0. The van der Waals surface area contributed by atoms with Gasteiger partial charge >= 0.3 is 6.09 Å². The summed E-state index contributed by atoms with van der Waals surface area (Å²) < 4.78 is 45.1. The van der Waals surface area contributed by atoms with Gasteiger partial charge in [0.2, 0.25) is 0 Å². The molecule has 0 radical (unpaired) electrons. The lowest BCUT2D eigenvalue weighted by atomic mass is 9.97. The lowest BCUT2D eigenvalue weighted by Gasteiger charge is -2.46. The largest absolute Gasteiger partial charge is 0.445 e. The van der Waals surface area contributed by atoms with Crippen LogP contribution in [0.2, 0.25) is 0 Å². The zero-order chi connectivity index (χ0) is 37.8. The summed E-state index contributed by atoms with van der Waals surface area (Å²) in [5, 5.41) is 2.83. The Morgan fingerprint density at radius 3 is 1.44 bits per heavy atom. The maximum atomic E-state index is 12.3. The monoisotopic (exact) mass is 745 g/mol. The first-order chi connectivity index (χ1) is 27.2. The molecule has 1 N–H and O–H groups in total. The SMILES string of the molecule is O=C(NCCCCO[C@@H]1O[C@H](COCc2ccccc2)[C@@H](OCc2ccccc2)[C@H](OCc2ccccc2)[C@@H]1OCc1ccccc1)OCc1ccccc1. The number of unbranched alkanes of at least 4 members (excludes halogenated alkanes) is 1. The number of nitrogens with one attached hydrogen (secondary N) is 1. The topological polar surface area (TPSA) is 93.7 Å². The molecule has 5 aromatic carbocycles. The quantitative estimate of drug-likeness (QED) is 0.0749. The predicted molar refractivity (Wildman–Crippen MR) is 210 cm³/mol. The van der Waals surface area contributed by atoms with Gasteiger partial charge in [-0.25, -0.2) is 4.79 Å². The molecule has 1 heterocycles. The van der Waals surface area contributed by atoms with Gasteiger partial charge in [-0.05, 0) is 40.7 Å². The third-order valence-corrected chi connectivity index (χ3v) is 9.18. The molecule has 1 aliphatic heterocycles. The molecule has 0 bridgehead atoms. The van der Waals surface area contributed by atoms with Crippen LogP contribution in [-0.2, 0) is 66.2 Å². The Balaban J connectivity index is 1.16. The minimum atomic E-state index is -0.782. The van der Waals surface area contributed by atoms with Gasteiger partial charge in [0.1, 0.15) is 31.0 Å². The molecule has 1 amide bonds. The van der Waals surface area contributed by atoms with E-state index in [4.69, 9.17) is 33.2 Å². The lowest BCUT2D eigenvalue weighted by molar-refractivity contribution is -0.328. The van der Waals surface area contributed by atoms with Crippen molar-refractivity contribution in [1.82, 2.24) is 5.32 Å². The third kappa shape index (κ3) is 13.4. The zero-order valence-corrected chi connectivity index (χ0v) is 31.2. The van der Waals surface area contributed by atoms with Crippen LogP contribution in [0.15, 0.2) is 152 Å². The number of carbonyl (C=O) groups is 1. The van der Waals surface area contributed by atoms with Gasteiger partial charge in [-0.15, -0.1) is 0 Å². The number of hydrogen-bond donors (Lipinski definition) is 1. The van der Waals surface area contributed by atoms with Gasteiger partial charge < -0.3 is 38.5 Å². The lowest BCUT2D eigenvalue weighted by Crippen LogP contribution is -2.61. The van der Waals surface area contributed by atoms with Gasteiger partial charge in [0.25, 0.3) is 0 Å². The second kappa shape index (κ2) is 22.5. The smallest absolute Gasteiger partial charge is 0.407 e. The molecule has 1 aliphatic rings. The van der Waals surface area contributed by atoms with E-state index in [9.17, 15) is 4.79 Å². The summed E-state index contributed by atoms with van der Waals surface area (Å²) in [7, 11) is 0. The van der Waals surface area contributed by atoms with E-state index in [-0.39, 0.29) is 13.2 Å². The maximum Gasteiger partial charge on any atom is 0.407 e. The normalized spacial score (nSPS) is 19.5. The Hall–Kier alpha value is -4.87. The van der Waals surface area contributed by atoms with Crippen LogP contribution in [0.5, 0.6) is 0 Å². The van der Waals surface area contributed by atoms with Crippen molar-refractivity contribution in [2.24, 2.45) is 0 Å². The first-order valence-electron chi connectivity index (χ1n) is 19.0. The number of benzene rings is 5. The minimum absolute atomic E-state index is 0.221. The Labute approximate surface area is 324 Å². The first kappa shape index (κ1) is 39.8. The summed E-state index contributed by atoms with van der Waals surface area (Å²) >= 11 is 0.